The number of hydrogen-bond donors (Lipinski definition) is 1. The molecule has 0 aromatic carbocycles. The van der Waals surface area contributed by atoms with Crippen molar-refractivity contribution in [3.05, 3.63) is 35.0 Å². The van der Waals surface area contributed by atoms with Crippen LogP contribution in [0.5, 0.6) is 0 Å². The van der Waals surface area contributed by atoms with Gasteiger partial charge in [0.15, 0.2) is 5.65 Å². The molecule has 120 valence electrons. The smallest absolute Gasteiger partial charge is 0.157 e. The van der Waals surface area contributed by atoms with Gasteiger partial charge in [-0.25, -0.2) is 9.97 Å². The summed E-state index contributed by atoms with van der Waals surface area (Å²) in [6.07, 6.45) is 6.22. The lowest BCUT2D eigenvalue weighted by Crippen LogP contribution is -1.94. The van der Waals surface area contributed by atoms with Gasteiger partial charge in [0.2, 0.25) is 0 Å². The first-order valence-corrected chi connectivity index (χ1v) is 8.91. The second-order valence-corrected chi connectivity index (χ2v) is 7.73. The second-order valence-electron chi connectivity index (χ2n) is 6.53. The number of pyridine rings is 2. The Balaban J connectivity index is 1.76. The van der Waals surface area contributed by atoms with Gasteiger partial charge in [-0.2, -0.15) is 5.10 Å². The summed E-state index contributed by atoms with van der Waals surface area (Å²) in [5, 5.41) is 6.47. The van der Waals surface area contributed by atoms with E-state index in [4.69, 9.17) is 10.7 Å². The van der Waals surface area contributed by atoms with Crippen LogP contribution in [-0.2, 0) is 7.05 Å². The van der Waals surface area contributed by atoms with Crippen molar-refractivity contribution in [3.8, 4) is 11.3 Å². The molecule has 2 N–H and O–H groups in total. The maximum Gasteiger partial charge on any atom is 0.157 e. The summed E-state index contributed by atoms with van der Waals surface area (Å²) in [7, 11) is 1.90. The number of rotatable bonds is 2. The molecular weight excluding hydrogens is 318 g/mol. The van der Waals surface area contributed by atoms with Crippen LogP contribution in [0.3, 0.4) is 0 Å². The highest BCUT2D eigenvalue weighted by molar-refractivity contribution is 7.19. The maximum absolute atomic E-state index is 6.32. The van der Waals surface area contributed by atoms with Crippen molar-refractivity contribution < 1.29 is 0 Å². The molecule has 0 unspecified atom stereocenters. The van der Waals surface area contributed by atoms with Crippen LogP contribution in [0.25, 0.3) is 32.5 Å². The van der Waals surface area contributed by atoms with E-state index in [9.17, 15) is 0 Å². The summed E-state index contributed by atoms with van der Waals surface area (Å²) in [6, 6.07) is 4.33. The standard InChI is InChI=1S/C18H17N5S/c1-9-16(19)15-13(10-3-4-10)6-14(22-18(15)24-9)11-5-12-8-21-23(2)17(12)20-7-11/h5-8,10H,3-4,19H2,1-2H3. The van der Waals surface area contributed by atoms with Crippen molar-refractivity contribution in [3.63, 3.8) is 0 Å². The van der Waals surface area contributed by atoms with E-state index in [1.54, 1.807) is 16.0 Å². The predicted molar refractivity (Wildman–Crippen MR) is 98.2 cm³/mol. The fraction of sp³-hybridized carbons (Fsp3) is 0.278. The van der Waals surface area contributed by atoms with E-state index in [2.05, 4.69) is 29.1 Å². The molecule has 0 saturated heterocycles. The highest BCUT2D eigenvalue weighted by Crippen LogP contribution is 2.47. The Bertz CT molecular complexity index is 1100. The first-order chi connectivity index (χ1) is 11.6. The van der Waals surface area contributed by atoms with Crippen LogP contribution in [0.1, 0.15) is 29.2 Å². The van der Waals surface area contributed by atoms with Crippen molar-refractivity contribution in [1.29, 1.82) is 0 Å². The number of nitrogens with two attached hydrogens (primary N) is 1. The topological polar surface area (TPSA) is 69.6 Å². The Labute approximate surface area is 143 Å². The van der Waals surface area contributed by atoms with E-state index in [0.717, 1.165) is 37.7 Å². The van der Waals surface area contributed by atoms with Crippen molar-refractivity contribution in [1.82, 2.24) is 19.7 Å². The van der Waals surface area contributed by atoms with E-state index in [0.29, 0.717) is 5.92 Å². The van der Waals surface area contributed by atoms with Crippen molar-refractivity contribution in [2.75, 3.05) is 5.73 Å². The molecule has 0 radical (unpaired) electrons. The zero-order chi connectivity index (χ0) is 16.4. The van der Waals surface area contributed by atoms with Gasteiger partial charge in [0.1, 0.15) is 4.83 Å². The average molecular weight is 335 g/mol. The van der Waals surface area contributed by atoms with Crippen LogP contribution in [-0.4, -0.2) is 19.7 Å². The molecule has 4 aromatic rings. The highest BCUT2D eigenvalue weighted by Gasteiger charge is 2.28. The molecule has 5 rings (SSSR count). The first kappa shape index (κ1) is 13.9. The molecule has 0 spiro atoms. The van der Waals surface area contributed by atoms with Gasteiger partial charge in [-0.3, -0.25) is 4.68 Å². The molecule has 1 aliphatic rings. The number of fused-ring (bicyclic) bond motifs is 2. The molecule has 0 bridgehead atoms. The van der Waals surface area contributed by atoms with Crippen LogP contribution in [0.2, 0.25) is 0 Å². The number of aromatic nitrogens is 4. The summed E-state index contributed by atoms with van der Waals surface area (Å²) in [5.41, 5.74) is 11.5. The predicted octanol–water partition coefficient (Wildman–Crippen LogP) is 4.01. The lowest BCUT2D eigenvalue weighted by atomic mass is 10.0. The molecule has 0 atom stereocenters. The molecule has 1 saturated carbocycles. The summed E-state index contributed by atoms with van der Waals surface area (Å²) >= 11 is 1.68. The molecule has 5 nitrogen and oxygen atoms in total. The number of hydrogen-bond acceptors (Lipinski definition) is 5. The van der Waals surface area contributed by atoms with Gasteiger partial charge in [-0.15, -0.1) is 11.3 Å². The lowest BCUT2D eigenvalue weighted by molar-refractivity contribution is 0.786. The summed E-state index contributed by atoms with van der Waals surface area (Å²) in [6.45, 7) is 2.07. The van der Waals surface area contributed by atoms with E-state index in [1.165, 1.54) is 23.8 Å². The summed E-state index contributed by atoms with van der Waals surface area (Å²) < 4.78 is 1.79. The van der Waals surface area contributed by atoms with Crippen LogP contribution < -0.4 is 5.73 Å². The molecular formula is C18H17N5S. The number of aryl methyl sites for hydroxylation is 2. The molecule has 0 amide bonds. The van der Waals surface area contributed by atoms with Crippen LogP contribution in [0.15, 0.2) is 24.5 Å². The Morgan fingerprint density at radius 3 is 2.88 bits per heavy atom. The zero-order valence-electron chi connectivity index (χ0n) is 13.6. The molecule has 24 heavy (non-hydrogen) atoms. The molecule has 4 aromatic heterocycles. The zero-order valence-corrected chi connectivity index (χ0v) is 14.4. The maximum atomic E-state index is 6.32. The minimum Gasteiger partial charge on any atom is -0.397 e. The first-order valence-electron chi connectivity index (χ1n) is 8.09. The number of nitrogens with zero attached hydrogens (tertiary/aromatic N) is 4. The van der Waals surface area contributed by atoms with Gasteiger partial charge < -0.3 is 5.73 Å². The van der Waals surface area contributed by atoms with E-state index >= 15 is 0 Å². The fourth-order valence-electron chi connectivity index (χ4n) is 3.31. The van der Waals surface area contributed by atoms with Gasteiger partial charge in [0.25, 0.3) is 0 Å². The van der Waals surface area contributed by atoms with Crippen LogP contribution in [0, 0.1) is 6.92 Å². The van der Waals surface area contributed by atoms with Gasteiger partial charge in [0.05, 0.1) is 17.6 Å². The number of thiophene rings is 1. The Kier molecular flexibility index (Phi) is 2.77. The van der Waals surface area contributed by atoms with Gasteiger partial charge in [-0.1, -0.05) is 0 Å². The molecule has 0 aliphatic heterocycles. The van der Waals surface area contributed by atoms with Crippen LogP contribution >= 0.6 is 11.3 Å². The van der Waals surface area contributed by atoms with Gasteiger partial charge in [0, 0.05) is 34.5 Å². The summed E-state index contributed by atoms with van der Waals surface area (Å²) in [5.74, 6) is 0.626. The fourth-order valence-corrected chi connectivity index (χ4v) is 4.28. The average Bonchev–Trinajstić information content (AvgIpc) is 3.31. The van der Waals surface area contributed by atoms with Gasteiger partial charge in [-0.05, 0) is 43.4 Å². The normalized spacial score (nSPS) is 14.8. The van der Waals surface area contributed by atoms with E-state index < -0.39 is 0 Å². The minimum absolute atomic E-state index is 0.626. The third-order valence-electron chi connectivity index (χ3n) is 4.80. The van der Waals surface area contributed by atoms with Crippen LogP contribution in [0.4, 0.5) is 5.69 Å². The third kappa shape index (κ3) is 1.96. The Morgan fingerprint density at radius 2 is 2.08 bits per heavy atom. The Morgan fingerprint density at radius 1 is 1.25 bits per heavy atom. The minimum atomic E-state index is 0.626. The second kappa shape index (κ2) is 4.77. The summed E-state index contributed by atoms with van der Waals surface area (Å²) in [4.78, 5) is 11.6. The molecule has 1 fully saturated rings. The molecule has 6 heteroatoms. The van der Waals surface area contributed by atoms with Crippen molar-refractivity contribution in [2.45, 2.75) is 25.7 Å². The van der Waals surface area contributed by atoms with Gasteiger partial charge >= 0.3 is 0 Å². The van der Waals surface area contributed by atoms with Crippen molar-refractivity contribution in [2.24, 2.45) is 7.05 Å². The lowest BCUT2D eigenvalue weighted by Gasteiger charge is -2.07. The van der Waals surface area contributed by atoms with E-state index in [-0.39, 0.29) is 0 Å². The third-order valence-corrected chi connectivity index (χ3v) is 5.81. The monoisotopic (exact) mass is 335 g/mol. The molecule has 4 heterocycles. The van der Waals surface area contributed by atoms with Crippen molar-refractivity contribution >= 4 is 38.3 Å². The highest BCUT2D eigenvalue weighted by atomic mass is 32.1. The largest absolute Gasteiger partial charge is 0.397 e. The number of nitrogen functional groups attached to an aromatic ring is 1. The Hall–Kier alpha value is -2.47. The van der Waals surface area contributed by atoms with E-state index in [1.807, 2.05) is 19.4 Å². The quantitative estimate of drug-likeness (QED) is 0.601. The SMILES string of the molecule is Cc1sc2nc(-c3cnc4c(cnn4C)c3)cc(C3CC3)c2c1N. The molecule has 1 aliphatic carbocycles. The number of anilines is 1.